The average molecular weight is 561 g/mol. The molecule has 0 N–H and O–H groups in total. The van der Waals surface area contributed by atoms with E-state index in [-0.39, 0.29) is 17.7 Å². The largest absolute Gasteiger partial charge is 0.493 e. The zero-order valence-electron chi connectivity index (χ0n) is 25.9. The van der Waals surface area contributed by atoms with Crippen molar-refractivity contribution >= 4 is 23.8 Å². The van der Waals surface area contributed by atoms with Gasteiger partial charge in [0.25, 0.3) is 0 Å². The molecule has 0 radical (unpaired) electrons. The number of allylic oxidation sites excluding steroid dienone is 5. The van der Waals surface area contributed by atoms with E-state index < -0.39 is 10.8 Å². The number of ketones is 1. The van der Waals surface area contributed by atoms with Crippen LogP contribution in [0.2, 0.25) is 0 Å². The van der Waals surface area contributed by atoms with Crippen molar-refractivity contribution < 1.29 is 28.6 Å². The Balaban J connectivity index is 2.55. The molecule has 6 heteroatoms. The fourth-order valence-corrected chi connectivity index (χ4v) is 3.63. The van der Waals surface area contributed by atoms with Gasteiger partial charge < -0.3 is 14.2 Å². The molecule has 0 atom stereocenters. The quantitative estimate of drug-likeness (QED) is 0.0908. The lowest BCUT2D eigenvalue weighted by molar-refractivity contribution is -0.143. The zero-order valence-corrected chi connectivity index (χ0v) is 25.9. The first-order valence-corrected chi connectivity index (χ1v) is 14.0. The SMILES string of the molecule is C/C=C/Cc1cc(/C=C/C(=O)c2ccc(OC(=O)C(C)(C)C)cc2)c(OCC)c(C/C=C/C)c1OC(=O)C(C)(C)C. The van der Waals surface area contributed by atoms with Gasteiger partial charge in [-0.05, 0) is 123 Å². The van der Waals surface area contributed by atoms with Crippen molar-refractivity contribution in [2.24, 2.45) is 10.8 Å². The van der Waals surface area contributed by atoms with E-state index in [0.29, 0.717) is 47.8 Å². The summed E-state index contributed by atoms with van der Waals surface area (Å²) in [6.45, 7) is 17.0. The molecule has 6 nitrogen and oxygen atoms in total. The van der Waals surface area contributed by atoms with Crippen LogP contribution in [0.15, 0.2) is 60.7 Å². The molecule has 0 spiro atoms. The molecule has 0 heterocycles. The molecule has 0 unspecified atom stereocenters. The molecule has 0 aliphatic heterocycles. The van der Waals surface area contributed by atoms with E-state index in [1.54, 1.807) is 51.1 Å². The van der Waals surface area contributed by atoms with Crippen molar-refractivity contribution in [2.45, 2.75) is 75.2 Å². The Bertz CT molecular complexity index is 1310. The standard InChI is InChI=1S/C35H44O6/c1-10-13-15-25-23-26(19-22-29(36)24-17-20-27(21-18-24)40-32(37)34(4,5)6)30(39-12-3)28(16-14-11-2)31(25)41-33(38)35(7,8)9/h10-11,13-14,17-23H,12,15-16H2,1-9H3/b13-10+,14-11+,22-19+. The summed E-state index contributed by atoms with van der Waals surface area (Å²) in [7, 11) is 0. The Kier molecular flexibility index (Phi) is 11.9. The van der Waals surface area contributed by atoms with Gasteiger partial charge in [0.05, 0.1) is 17.4 Å². The summed E-state index contributed by atoms with van der Waals surface area (Å²) in [4.78, 5) is 38.2. The molecular weight excluding hydrogens is 516 g/mol. The van der Waals surface area contributed by atoms with Crippen molar-refractivity contribution in [2.75, 3.05) is 6.61 Å². The number of carbonyl (C=O) groups excluding carboxylic acids is 3. The summed E-state index contributed by atoms with van der Waals surface area (Å²) < 4.78 is 17.5. The van der Waals surface area contributed by atoms with E-state index in [2.05, 4.69) is 0 Å². The summed E-state index contributed by atoms with van der Waals surface area (Å²) in [5.74, 6) is 0.548. The summed E-state index contributed by atoms with van der Waals surface area (Å²) in [6.07, 6.45) is 12.1. The van der Waals surface area contributed by atoms with Gasteiger partial charge in [0.15, 0.2) is 5.78 Å². The van der Waals surface area contributed by atoms with E-state index in [1.165, 1.54) is 6.08 Å². The minimum Gasteiger partial charge on any atom is -0.493 e. The van der Waals surface area contributed by atoms with E-state index in [0.717, 1.165) is 11.1 Å². The molecule has 2 rings (SSSR count). The van der Waals surface area contributed by atoms with Gasteiger partial charge in [0, 0.05) is 16.7 Å². The first-order valence-electron chi connectivity index (χ1n) is 14.0. The molecule has 2 aromatic rings. The molecule has 0 aliphatic carbocycles. The van der Waals surface area contributed by atoms with Crippen LogP contribution < -0.4 is 14.2 Å². The minimum atomic E-state index is -0.687. The predicted molar refractivity (Wildman–Crippen MR) is 165 cm³/mol. The molecular formula is C35H44O6. The molecule has 0 saturated carbocycles. The minimum absolute atomic E-state index is 0.214. The Morgan fingerprint density at radius 1 is 0.780 bits per heavy atom. The smallest absolute Gasteiger partial charge is 0.316 e. The second kappa shape index (κ2) is 14.6. The van der Waals surface area contributed by atoms with Crippen molar-refractivity contribution in [1.29, 1.82) is 0 Å². The van der Waals surface area contributed by atoms with Crippen LogP contribution in [0, 0.1) is 10.8 Å². The van der Waals surface area contributed by atoms with Gasteiger partial charge in [-0.3, -0.25) is 14.4 Å². The number of carbonyl (C=O) groups is 3. The van der Waals surface area contributed by atoms with Crippen LogP contribution in [0.25, 0.3) is 6.08 Å². The van der Waals surface area contributed by atoms with Crippen LogP contribution in [-0.2, 0) is 22.4 Å². The van der Waals surface area contributed by atoms with Crippen LogP contribution in [0.1, 0.15) is 89.4 Å². The number of rotatable bonds is 11. The average Bonchev–Trinajstić information content (AvgIpc) is 2.90. The highest BCUT2D eigenvalue weighted by Gasteiger charge is 2.28. The Morgan fingerprint density at radius 3 is 1.88 bits per heavy atom. The molecule has 0 saturated heterocycles. The maximum Gasteiger partial charge on any atom is 0.316 e. The van der Waals surface area contributed by atoms with E-state index >= 15 is 0 Å². The van der Waals surface area contributed by atoms with E-state index in [4.69, 9.17) is 14.2 Å². The first-order chi connectivity index (χ1) is 19.2. The van der Waals surface area contributed by atoms with Crippen LogP contribution in [0.5, 0.6) is 17.2 Å². The topological polar surface area (TPSA) is 78.9 Å². The third kappa shape index (κ3) is 9.59. The molecule has 220 valence electrons. The fraction of sp³-hybridized carbons (Fsp3) is 0.400. The molecule has 0 fully saturated rings. The third-order valence-electron chi connectivity index (χ3n) is 6.03. The predicted octanol–water partition coefficient (Wildman–Crippen LogP) is 8.12. The summed E-state index contributed by atoms with van der Waals surface area (Å²) in [5, 5.41) is 0. The van der Waals surface area contributed by atoms with Crippen molar-refractivity contribution in [1.82, 2.24) is 0 Å². The van der Waals surface area contributed by atoms with Gasteiger partial charge >= 0.3 is 11.9 Å². The van der Waals surface area contributed by atoms with Gasteiger partial charge in [-0.15, -0.1) is 0 Å². The zero-order chi connectivity index (χ0) is 30.8. The lowest BCUT2D eigenvalue weighted by Gasteiger charge is -2.23. The number of hydrogen-bond acceptors (Lipinski definition) is 6. The van der Waals surface area contributed by atoms with Crippen LogP contribution >= 0.6 is 0 Å². The number of hydrogen-bond donors (Lipinski definition) is 0. The Labute approximate surface area is 245 Å². The molecule has 0 aliphatic rings. The van der Waals surface area contributed by atoms with Gasteiger partial charge in [-0.25, -0.2) is 0 Å². The van der Waals surface area contributed by atoms with Gasteiger partial charge in [0.2, 0.25) is 0 Å². The monoisotopic (exact) mass is 560 g/mol. The second-order valence-electron chi connectivity index (χ2n) is 11.7. The highest BCUT2D eigenvalue weighted by Crippen LogP contribution is 2.39. The van der Waals surface area contributed by atoms with Gasteiger partial charge in [-0.1, -0.05) is 24.3 Å². The summed E-state index contributed by atoms with van der Waals surface area (Å²) >= 11 is 0. The normalized spacial score (nSPS) is 12.3. The fourth-order valence-electron chi connectivity index (χ4n) is 3.63. The van der Waals surface area contributed by atoms with Crippen molar-refractivity contribution in [3.63, 3.8) is 0 Å². The van der Waals surface area contributed by atoms with Gasteiger partial charge in [-0.2, -0.15) is 0 Å². The van der Waals surface area contributed by atoms with Crippen LogP contribution in [0.3, 0.4) is 0 Å². The summed E-state index contributed by atoms with van der Waals surface area (Å²) in [5.41, 5.74) is 1.42. The molecule has 0 aromatic heterocycles. The van der Waals surface area contributed by atoms with E-state index in [1.807, 2.05) is 71.9 Å². The Morgan fingerprint density at radius 2 is 1.34 bits per heavy atom. The Hall–Kier alpha value is -3.93. The summed E-state index contributed by atoms with van der Waals surface area (Å²) in [6, 6.07) is 8.39. The number of benzene rings is 2. The van der Waals surface area contributed by atoms with E-state index in [9.17, 15) is 14.4 Å². The molecule has 0 amide bonds. The molecule has 41 heavy (non-hydrogen) atoms. The highest BCUT2D eigenvalue weighted by atomic mass is 16.5. The van der Waals surface area contributed by atoms with Crippen LogP contribution in [-0.4, -0.2) is 24.3 Å². The maximum absolute atomic E-state index is 13.1. The number of esters is 2. The number of ether oxygens (including phenoxy) is 3. The maximum atomic E-state index is 13.1. The molecule has 0 bridgehead atoms. The lowest BCUT2D eigenvalue weighted by atomic mass is 9.95. The highest BCUT2D eigenvalue weighted by molar-refractivity contribution is 6.07. The second-order valence-corrected chi connectivity index (χ2v) is 11.7. The lowest BCUT2D eigenvalue weighted by Crippen LogP contribution is -2.26. The molecule has 2 aromatic carbocycles. The van der Waals surface area contributed by atoms with Crippen molar-refractivity contribution in [3.05, 3.63) is 83.0 Å². The van der Waals surface area contributed by atoms with Gasteiger partial charge in [0.1, 0.15) is 17.2 Å². The third-order valence-corrected chi connectivity index (χ3v) is 6.03. The van der Waals surface area contributed by atoms with Crippen LogP contribution in [0.4, 0.5) is 0 Å². The first kappa shape index (κ1) is 33.3. The van der Waals surface area contributed by atoms with Crippen molar-refractivity contribution in [3.8, 4) is 17.2 Å².